The van der Waals surface area contributed by atoms with Gasteiger partial charge in [0.15, 0.2) is 0 Å². The Balaban J connectivity index is 0.000000153. The fourth-order valence-corrected chi connectivity index (χ4v) is 7.63. The zero-order chi connectivity index (χ0) is 36.3. The highest BCUT2D eigenvalue weighted by atomic mass is 35.5. The molecule has 8 aromatic rings. The molecule has 0 N–H and O–H groups in total. The number of anilines is 6. The van der Waals surface area contributed by atoms with Crippen LogP contribution in [0.25, 0.3) is 0 Å². The Kier molecular flexibility index (Phi) is 10.1. The summed E-state index contributed by atoms with van der Waals surface area (Å²) >= 11 is 6.79. The summed E-state index contributed by atoms with van der Waals surface area (Å²) in [4.78, 5) is 4.47. The van der Waals surface area contributed by atoms with Crippen molar-refractivity contribution in [1.29, 1.82) is 0 Å². The molecule has 0 bridgehead atoms. The fourth-order valence-electron chi connectivity index (χ4n) is 7.38. The van der Waals surface area contributed by atoms with E-state index in [-0.39, 0.29) is 14.1 Å². The minimum atomic E-state index is 0. The molecule has 4 nitrogen and oxygen atoms in total. The highest BCUT2D eigenvalue weighted by Gasteiger charge is 2.41. The second kappa shape index (κ2) is 15.7. The number of fused-ring (bicyclic) bond motifs is 4. The third-order valence-corrected chi connectivity index (χ3v) is 10.1. The smallest absolute Gasteiger partial charge is 0.256 e. The van der Waals surface area contributed by atoms with Crippen LogP contribution in [-0.2, 0) is 0 Å². The highest BCUT2D eigenvalue weighted by Crippen LogP contribution is 2.44. The van der Waals surface area contributed by atoms with Crippen LogP contribution in [0, 0.1) is 0 Å². The molecule has 0 radical (unpaired) electrons. The third-order valence-electron chi connectivity index (χ3n) is 9.71. The molecular weight excluding hydrogens is 695 g/mol. The summed E-state index contributed by atoms with van der Waals surface area (Å²) in [5.74, 6) is 3.28. The van der Waals surface area contributed by atoms with E-state index in [1.54, 1.807) is 0 Å². The highest BCUT2D eigenvalue weighted by molar-refractivity contribution is 6.99. The molecule has 266 valence electrons. The van der Waals surface area contributed by atoms with Crippen LogP contribution in [0.1, 0.15) is 7.43 Å². The van der Waals surface area contributed by atoms with E-state index in [1.165, 1.54) is 27.8 Å². The average molecular weight is 733 g/mol. The van der Waals surface area contributed by atoms with E-state index in [0.29, 0.717) is 10.8 Å². The summed E-state index contributed by atoms with van der Waals surface area (Å²) in [5, 5.41) is 0.564. The molecule has 2 aliphatic rings. The molecule has 0 spiro atoms. The van der Waals surface area contributed by atoms with Crippen LogP contribution in [0.5, 0.6) is 23.0 Å². The van der Waals surface area contributed by atoms with Gasteiger partial charge in [0.25, 0.3) is 6.71 Å². The number of hydrogen-bond donors (Lipinski definition) is 0. The van der Waals surface area contributed by atoms with Gasteiger partial charge in [0, 0.05) is 28.4 Å². The number of rotatable bonds is 6. The van der Waals surface area contributed by atoms with Crippen LogP contribution in [0.15, 0.2) is 206 Å². The van der Waals surface area contributed by atoms with Gasteiger partial charge in [-0.15, -0.1) is 0 Å². The first-order valence-corrected chi connectivity index (χ1v) is 18.4. The number of halogens is 1. The standard InChI is InChI=1S/C24H16BNO.C24H18ClNO.CH4/c1-2-9-17(10-3-1)26-20-13-6-4-11-18(20)25-19-12-5-7-15-22(19)27-23-16-8-14-21(26)24(23)25;25-24-22(17-10-18-23(24)27-21-15-8-3-9-16-21)26(19-11-4-1-5-12-19)20-13-6-2-7-14-20;/h1-16H;1-18H;1H4. The molecule has 55 heavy (non-hydrogen) atoms. The van der Waals surface area contributed by atoms with E-state index in [4.69, 9.17) is 21.1 Å². The van der Waals surface area contributed by atoms with Crippen LogP contribution in [-0.4, -0.2) is 6.71 Å². The molecule has 8 aromatic carbocycles. The molecule has 0 atom stereocenters. The van der Waals surface area contributed by atoms with Crippen molar-refractivity contribution >= 4 is 68.8 Å². The SMILES string of the molecule is C.Clc1c(Oc2ccccc2)cccc1N(c1ccccc1)c1ccccc1.c1ccc(N2c3ccccc3B3c4ccccc4Oc4cccc2c43)cc1. The van der Waals surface area contributed by atoms with E-state index in [1.807, 2.05) is 91.0 Å². The van der Waals surface area contributed by atoms with Crippen LogP contribution in [0.2, 0.25) is 5.02 Å². The maximum absolute atomic E-state index is 6.79. The molecule has 2 heterocycles. The van der Waals surface area contributed by atoms with Crippen molar-refractivity contribution in [3.05, 3.63) is 211 Å². The number of hydrogen-bond acceptors (Lipinski definition) is 4. The topological polar surface area (TPSA) is 24.9 Å². The normalized spacial score (nSPS) is 11.7. The summed E-state index contributed by atoms with van der Waals surface area (Å²) in [5.41, 5.74) is 10.3. The predicted molar refractivity (Wildman–Crippen MR) is 232 cm³/mol. The average Bonchev–Trinajstić information content (AvgIpc) is 3.24. The zero-order valence-corrected chi connectivity index (χ0v) is 30.1. The molecule has 10 rings (SSSR count). The quantitative estimate of drug-likeness (QED) is 0.159. The molecular formula is C49H38BClN2O2. The van der Waals surface area contributed by atoms with Crippen LogP contribution < -0.4 is 35.7 Å². The molecule has 2 aliphatic heterocycles. The lowest BCUT2D eigenvalue weighted by molar-refractivity contribution is 0.483. The lowest BCUT2D eigenvalue weighted by Gasteiger charge is -2.39. The molecule has 0 saturated carbocycles. The van der Waals surface area contributed by atoms with E-state index in [2.05, 4.69) is 125 Å². The van der Waals surface area contributed by atoms with Crippen molar-refractivity contribution in [2.45, 2.75) is 7.43 Å². The first-order chi connectivity index (χ1) is 26.7. The third kappa shape index (κ3) is 6.82. The maximum atomic E-state index is 6.79. The van der Waals surface area contributed by atoms with Gasteiger partial charge in [0.05, 0.1) is 5.69 Å². The second-order valence-electron chi connectivity index (χ2n) is 13.0. The van der Waals surface area contributed by atoms with E-state index in [9.17, 15) is 0 Å². The molecule has 0 aliphatic carbocycles. The molecule has 0 fully saturated rings. The fraction of sp³-hybridized carbons (Fsp3) is 0.0204. The van der Waals surface area contributed by atoms with Crippen LogP contribution in [0.3, 0.4) is 0 Å². The van der Waals surface area contributed by atoms with Crippen LogP contribution >= 0.6 is 11.6 Å². The van der Waals surface area contributed by atoms with Crippen molar-refractivity contribution in [3.8, 4) is 23.0 Å². The zero-order valence-electron chi connectivity index (χ0n) is 29.3. The second-order valence-corrected chi connectivity index (χ2v) is 13.4. The summed E-state index contributed by atoms with van der Waals surface area (Å²) in [6, 6.07) is 69.9. The number of para-hydroxylation sites is 6. The Bertz CT molecular complexity index is 2500. The lowest BCUT2D eigenvalue weighted by Crippen LogP contribution is -2.59. The number of ether oxygens (including phenoxy) is 2. The van der Waals surface area contributed by atoms with Gasteiger partial charge in [-0.05, 0) is 101 Å². The van der Waals surface area contributed by atoms with E-state index >= 15 is 0 Å². The lowest BCUT2D eigenvalue weighted by atomic mass is 9.34. The summed E-state index contributed by atoms with van der Waals surface area (Å²) < 4.78 is 12.3. The van der Waals surface area contributed by atoms with Gasteiger partial charge in [-0.3, -0.25) is 0 Å². The Morgan fingerprint density at radius 3 is 1.71 bits per heavy atom. The van der Waals surface area contributed by atoms with Crippen LogP contribution in [0.4, 0.5) is 34.1 Å². The minimum Gasteiger partial charge on any atom is -0.458 e. The Labute approximate surface area is 328 Å². The van der Waals surface area contributed by atoms with E-state index in [0.717, 1.165) is 40.0 Å². The van der Waals surface area contributed by atoms with Gasteiger partial charge >= 0.3 is 0 Å². The molecule has 0 amide bonds. The monoisotopic (exact) mass is 732 g/mol. The maximum Gasteiger partial charge on any atom is 0.256 e. The molecule has 0 aromatic heterocycles. The minimum absolute atomic E-state index is 0. The van der Waals surface area contributed by atoms with Crippen molar-refractivity contribution in [2.24, 2.45) is 0 Å². The molecule has 0 unspecified atom stereocenters. The van der Waals surface area contributed by atoms with Crippen molar-refractivity contribution in [1.82, 2.24) is 0 Å². The first-order valence-electron chi connectivity index (χ1n) is 18.0. The van der Waals surface area contributed by atoms with Gasteiger partial charge in [-0.25, -0.2) is 0 Å². The Morgan fingerprint density at radius 1 is 0.491 bits per heavy atom. The van der Waals surface area contributed by atoms with Crippen molar-refractivity contribution in [2.75, 3.05) is 9.80 Å². The first kappa shape index (κ1) is 35.4. The number of benzene rings is 8. The van der Waals surface area contributed by atoms with Gasteiger partial charge in [0.2, 0.25) is 0 Å². The Morgan fingerprint density at radius 2 is 1.02 bits per heavy atom. The van der Waals surface area contributed by atoms with Gasteiger partial charge in [0.1, 0.15) is 28.0 Å². The number of nitrogens with zero attached hydrogens (tertiary/aromatic N) is 2. The van der Waals surface area contributed by atoms with Gasteiger partial charge in [-0.1, -0.05) is 140 Å². The summed E-state index contributed by atoms with van der Waals surface area (Å²) in [7, 11) is 0. The largest absolute Gasteiger partial charge is 0.458 e. The Hall–Kier alpha value is -6.69. The summed E-state index contributed by atoms with van der Waals surface area (Å²) in [6.45, 7) is 0.192. The van der Waals surface area contributed by atoms with Gasteiger partial charge < -0.3 is 19.3 Å². The van der Waals surface area contributed by atoms with Gasteiger partial charge in [-0.2, -0.15) is 0 Å². The van der Waals surface area contributed by atoms with Crippen molar-refractivity contribution < 1.29 is 9.47 Å². The van der Waals surface area contributed by atoms with Crippen molar-refractivity contribution in [3.63, 3.8) is 0 Å². The predicted octanol–water partition coefficient (Wildman–Crippen LogP) is 12.3. The molecule has 0 saturated heterocycles. The summed E-state index contributed by atoms with van der Waals surface area (Å²) in [6.07, 6.45) is 0. The van der Waals surface area contributed by atoms with E-state index < -0.39 is 0 Å². The molecule has 6 heteroatoms.